The summed E-state index contributed by atoms with van der Waals surface area (Å²) < 4.78 is 4.62. The van der Waals surface area contributed by atoms with E-state index in [9.17, 15) is 14.4 Å². The number of rotatable bonds is 3. The van der Waals surface area contributed by atoms with Gasteiger partial charge in [0.25, 0.3) is 0 Å². The number of carboxylic acids is 1. The molecule has 0 aromatic carbocycles. The molecule has 1 amide bonds. The van der Waals surface area contributed by atoms with E-state index in [2.05, 4.69) is 9.72 Å². The van der Waals surface area contributed by atoms with Gasteiger partial charge in [0, 0.05) is 19.2 Å². The third-order valence-corrected chi connectivity index (χ3v) is 3.31. The van der Waals surface area contributed by atoms with Crippen molar-refractivity contribution in [1.82, 2.24) is 4.98 Å². The van der Waals surface area contributed by atoms with Crippen molar-refractivity contribution in [3.8, 4) is 0 Å². The lowest BCUT2D eigenvalue weighted by atomic mass is 10.1. The number of nitrogens with zero attached hydrogens (tertiary/aromatic N) is 2. The zero-order chi connectivity index (χ0) is 14.9. The molecule has 2 rings (SSSR count). The number of esters is 1. The molecule has 7 nitrogen and oxygen atoms in total. The molecule has 0 spiro atoms. The Balaban J connectivity index is 2.45. The Morgan fingerprint density at radius 2 is 2.25 bits per heavy atom. The lowest BCUT2D eigenvalue weighted by Crippen LogP contribution is -2.28. The van der Waals surface area contributed by atoms with E-state index in [1.807, 2.05) is 0 Å². The van der Waals surface area contributed by atoms with Gasteiger partial charge in [0.15, 0.2) is 5.15 Å². The predicted molar refractivity (Wildman–Crippen MR) is 68.7 cm³/mol. The van der Waals surface area contributed by atoms with E-state index in [1.165, 1.54) is 24.3 Å². The molecular formula is C12H11ClN2O5. The normalized spacial score (nSPS) is 18.2. The number of aliphatic carboxylic acids is 1. The molecular weight excluding hydrogens is 288 g/mol. The molecule has 1 aliphatic heterocycles. The third-order valence-electron chi connectivity index (χ3n) is 3.03. The first-order valence-corrected chi connectivity index (χ1v) is 6.09. The standard InChI is InChI=1S/C12H11ClN2O5/c1-20-12(19)7-2-3-14-10(13)9(7)15-5-6(11(17)18)4-8(15)16/h2-3,6H,4-5H2,1H3,(H,17,18). The van der Waals surface area contributed by atoms with E-state index in [4.69, 9.17) is 16.7 Å². The van der Waals surface area contributed by atoms with Crippen molar-refractivity contribution < 1.29 is 24.2 Å². The molecule has 0 aliphatic carbocycles. The number of carbonyl (C=O) groups is 3. The lowest BCUT2D eigenvalue weighted by Gasteiger charge is -2.19. The summed E-state index contributed by atoms with van der Waals surface area (Å²) >= 11 is 5.94. The van der Waals surface area contributed by atoms with Crippen LogP contribution in [0.2, 0.25) is 5.15 Å². The van der Waals surface area contributed by atoms with E-state index in [-0.39, 0.29) is 29.4 Å². The van der Waals surface area contributed by atoms with Gasteiger partial charge in [-0.05, 0) is 6.07 Å². The number of pyridine rings is 1. The van der Waals surface area contributed by atoms with Crippen LogP contribution in [0.3, 0.4) is 0 Å². The van der Waals surface area contributed by atoms with Crippen molar-refractivity contribution in [3.05, 3.63) is 23.0 Å². The summed E-state index contributed by atoms with van der Waals surface area (Å²) in [7, 11) is 1.20. The first-order valence-electron chi connectivity index (χ1n) is 5.71. The molecule has 1 atom stereocenters. The van der Waals surface area contributed by atoms with Crippen LogP contribution in [0.25, 0.3) is 0 Å². The highest BCUT2D eigenvalue weighted by molar-refractivity contribution is 6.33. The maximum absolute atomic E-state index is 11.9. The first kappa shape index (κ1) is 14.3. The lowest BCUT2D eigenvalue weighted by molar-refractivity contribution is -0.141. The van der Waals surface area contributed by atoms with Gasteiger partial charge in [-0.3, -0.25) is 9.59 Å². The summed E-state index contributed by atoms with van der Waals surface area (Å²) in [5.74, 6) is -2.99. The molecule has 20 heavy (non-hydrogen) atoms. The van der Waals surface area contributed by atoms with Gasteiger partial charge in [-0.15, -0.1) is 0 Å². The SMILES string of the molecule is COC(=O)c1ccnc(Cl)c1N1CC(C(=O)O)CC1=O. The fourth-order valence-corrected chi connectivity index (χ4v) is 2.31. The molecule has 1 N–H and O–H groups in total. The van der Waals surface area contributed by atoms with Gasteiger partial charge in [-0.1, -0.05) is 11.6 Å². The van der Waals surface area contributed by atoms with Crippen LogP contribution in [0.4, 0.5) is 5.69 Å². The highest BCUT2D eigenvalue weighted by Crippen LogP contribution is 2.33. The molecule has 1 aromatic heterocycles. The van der Waals surface area contributed by atoms with Crippen LogP contribution in [0.15, 0.2) is 12.3 Å². The van der Waals surface area contributed by atoms with Crippen LogP contribution < -0.4 is 4.90 Å². The Labute approximate surface area is 119 Å². The van der Waals surface area contributed by atoms with Gasteiger partial charge in [0.05, 0.1) is 24.3 Å². The Hall–Kier alpha value is -2.15. The minimum atomic E-state index is -1.07. The summed E-state index contributed by atoms with van der Waals surface area (Å²) in [4.78, 5) is 39.6. The van der Waals surface area contributed by atoms with Gasteiger partial charge < -0.3 is 14.7 Å². The van der Waals surface area contributed by atoms with Crippen LogP contribution in [0.5, 0.6) is 0 Å². The molecule has 8 heteroatoms. The molecule has 1 fully saturated rings. The second kappa shape index (κ2) is 5.46. The number of ether oxygens (including phenoxy) is 1. The number of methoxy groups -OCH3 is 1. The summed E-state index contributed by atoms with van der Waals surface area (Å²) in [6, 6.07) is 1.37. The predicted octanol–water partition coefficient (Wildman–Crippen LogP) is 0.959. The van der Waals surface area contributed by atoms with Crippen molar-refractivity contribution in [1.29, 1.82) is 0 Å². The quantitative estimate of drug-likeness (QED) is 0.659. The van der Waals surface area contributed by atoms with Gasteiger partial charge in [-0.2, -0.15) is 0 Å². The average Bonchev–Trinajstić information content (AvgIpc) is 2.79. The van der Waals surface area contributed by atoms with Crippen molar-refractivity contribution >= 4 is 35.1 Å². The Kier molecular flexibility index (Phi) is 3.89. The fourth-order valence-electron chi connectivity index (χ4n) is 2.05. The maximum Gasteiger partial charge on any atom is 0.340 e. The number of amides is 1. The van der Waals surface area contributed by atoms with Crippen molar-refractivity contribution in [3.63, 3.8) is 0 Å². The fraction of sp³-hybridized carbons (Fsp3) is 0.333. The second-order valence-electron chi connectivity index (χ2n) is 4.23. The Morgan fingerprint density at radius 3 is 2.80 bits per heavy atom. The van der Waals surface area contributed by atoms with Gasteiger partial charge in [0.2, 0.25) is 5.91 Å². The van der Waals surface area contributed by atoms with Gasteiger partial charge in [-0.25, -0.2) is 9.78 Å². The molecule has 1 unspecified atom stereocenters. The Bertz CT molecular complexity index is 589. The Morgan fingerprint density at radius 1 is 1.55 bits per heavy atom. The molecule has 0 saturated carbocycles. The number of carboxylic acid groups (broad SMARTS) is 1. The molecule has 1 saturated heterocycles. The largest absolute Gasteiger partial charge is 0.481 e. The minimum Gasteiger partial charge on any atom is -0.481 e. The number of halogens is 1. The van der Waals surface area contributed by atoms with Crippen LogP contribution in [0.1, 0.15) is 16.8 Å². The van der Waals surface area contributed by atoms with E-state index < -0.39 is 23.8 Å². The highest BCUT2D eigenvalue weighted by Gasteiger charge is 2.38. The highest BCUT2D eigenvalue weighted by atomic mass is 35.5. The molecule has 1 aliphatic rings. The van der Waals surface area contributed by atoms with Crippen LogP contribution >= 0.6 is 11.6 Å². The van der Waals surface area contributed by atoms with Crippen LogP contribution in [-0.2, 0) is 14.3 Å². The number of anilines is 1. The maximum atomic E-state index is 11.9. The number of hydrogen-bond donors (Lipinski definition) is 1. The zero-order valence-electron chi connectivity index (χ0n) is 10.5. The number of aromatic nitrogens is 1. The van der Waals surface area contributed by atoms with Crippen molar-refractivity contribution in [2.45, 2.75) is 6.42 Å². The monoisotopic (exact) mass is 298 g/mol. The van der Waals surface area contributed by atoms with Crippen LogP contribution in [-0.4, -0.2) is 41.6 Å². The first-order chi connectivity index (χ1) is 9.45. The van der Waals surface area contributed by atoms with Crippen molar-refractivity contribution in [2.75, 3.05) is 18.6 Å². The van der Waals surface area contributed by atoms with E-state index >= 15 is 0 Å². The van der Waals surface area contributed by atoms with E-state index in [1.54, 1.807) is 0 Å². The minimum absolute atomic E-state index is 0.0488. The molecule has 106 valence electrons. The molecule has 0 radical (unpaired) electrons. The number of hydrogen-bond acceptors (Lipinski definition) is 5. The van der Waals surface area contributed by atoms with Gasteiger partial charge in [0.1, 0.15) is 0 Å². The molecule has 2 heterocycles. The zero-order valence-corrected chi connectivity index (χ0v) is 11.3. The summed E-state index contributed by atoms with van der Waals surface area (Å²) in [5.41, 5.74) is 0.168. The molecule has 1 aromatic rings. The van der Waals surface area contributed by atoms with E-state index in [0.717, 1.165) is 0 Å². The van der Waals surface area contributed by atoms with E-state index in [0.29, 0.717) is 0 Å². The average molecular weight is 299 g/mol. The molecule has 0 bridgehead atoms. The topological polar surface area (TPSA) is 96.8 Å². The summed E-state index contributed by atoms with van der Waals surface area (Å²) in [6.07, 6.45) is 1.18. The van der Waals surface area contributed by atoms with Gasteiger partial charge >= 0.3 is 11.9 Å². The summed E-state index contributed by atoms with van der Waals surface area (Å²) in [5, 5.41) is 8.92. The second-order valence-corrected chi connectivity index (χ2v) is 4.59. The van der Waals surface area contributed by atoms with Crippen molar-refractivity contribution in [2.24, 2.45) is 5.92 Å². The smallest absolute Gasteiger partial charge is 0.340 e. The third kappa shape index (κ3) is 2.44. The number of carbonyl (C=O) groups excluding carboxylic acids is 2. The van der Waals surface area contributed by atoms with Crippen LogP contribution in [0, 0.1) is 5.92 Å². The summed E-state index contributed by atoms with van der Waals surface area (Å²) in [6.45, 7) is -0.0520.